The molecule has 1 unspecified atom stereocenters. The lowest BCUT2D eigenvalue weighted by molar-refractivity contribution is -0.117. The molecule has 138 valence electrons. The Morgan fingerprint density at radius 3 is 2.48 bits per heavy atom. The van der Waals surface area contributed by atoms with Gasteiger partial charge in [0.15, 0.2) is 0 Å². The fraction of sp³-hybridized carbons (Fsp3) is 0.105. The highest BCUT2D eigenvalue weighted by Crippen LogP contribution is 2.20. The Kier molecular flexibility index (Phi) is 5.78. The normalized spacial score (nSPS) is 11.7. The second-order valence-corrected chi connectivity index (χ2v) is 6.66. The van der Waals surface area contributed by atoms with Gasteiger partial charge in [-0.2, -0.15) is 5.10 Å². The number of aromatic nitrogens is 2. The van der Waals surface area contributed by atoms with Crippen molar-refractivity contribution < 1.29 is 9.59 Å². The molecule has 0 saturated heterocycles. The summed E-state index contributed by atoms with van der Waals surface area (Å²) < 4.78 is 1.56. The Balaban J connectivity index is 1.62. The van der Waals surface area contributed by atoms with E-state index in [1.807, 2.05) is 18.2 Å². The predicted molar refractivity (Wildman–Crippen MR) is 106 cm³/mol. The highest BCUT2D eigenvalue weighted by atomic mass is 35.5. The molecule has 0 spiro atoms. The van der Waals surface area contributed by atoms with Gasteiger partial charge in [0.2, 0.25) is 5.91 Å². The molecule has 1 aromatic heterocycles. The zero-order chi connectivity index (χ0) is 19.4. The average Bonchev–Trinajstić information content (AvgIpc) is 3.10. The third-order valence-electron chi connectivity index (χ3n) is 3.80. The molecule has 2 amide bonds. The van der Waals surface area contributed by atoms with Crippen LogP contribution in [0.4, 0.5) is 5.69 Å². The summed E-state index contributed by atoms with van der Waals surface area (Å²) in [5.41, 5.74) is 1.61. The van der Waals surface area contributed by atoms with Gasteiger partial charge in [0, 0.05) is 10.6 Å². The minimum Gasteiger partial charge on any atom is -0.341 e. The van der Waals surface area contributed by atoms with Gasteiger partial charge in [0.05, 0.1) is 28.8 Å². The highest BCUT2D eigenvalue weighted by Gasteiger charge is 2.17. The fourth-order valence-electron chi connectivity index (χ4n) is 2.35. The Bertz CT molecular complexity index is 970. The number of amides is 2. The summed E-state index contributed by atoms with van der Waals surface area (Å²) in [6, 6.07) is 12.9. The molecule has 1 atom stereocenters. The molecule has 2 N–H and O–H groups in total. The number of hydrogen-bond donors (Lipinski definition) is 2. The van der Waals surface area contributed by atoms with Crippen LogP contribution in [0.1, 0.15) is 17.3 Å². The van der Waals surface area contributed by atoms with Crippen LogP contribution in [0.2, 0.25) is 10.0 Å². The summed E-state index contributed by atoms with van der Waals surface area (Å²) in [5.74, 6) is -0.725. The molecule has 0 fully saturated rings. The number of rotatable bonds is 5. The van der Waals surface area contributed by atoms with Crippen molar-refractivity contribution in [3.8, 4) is 5.69 Å². The second-order valence-electron chi connectivity index (χ2n) is 5.82. The van der Waals surface area contributed by atoms with Crippen LogP contribution in [0.25, 0.3) is 5.69 Å². The second kappa shape index (κ2) is 8.24. The first-order valence-corrected chi connectivity index (χ1v) is 8.86. The summed E-state index contributed by atoms with van der Waals surface area (Å²) >= 11 is 12.0. The molecule has 0 saturated carbocycles. The molecule has 0 aliphatic heterocycles. The van der Waals surface area contributed by atoms with Crippen LogP contribution in [0.5, 0.6) is 0 Å². The highest BCUT2D eigenvalue weighted by molar-refractivity contribution is 6.32. The number of hydrogen-bond acceptors (Lipinski definition) is 3. The first-order valence-electron chi connectivity index (χ1n) is 8.11. The van der Waals surface area contributed by atoms with E-state index in [9.17, 15) is 9.59 Å². The number of carbonyl (C=O) groups is 2. The van der Waals surface area contributed by atoms with Crippen LogP contribution in [-0.4, -0.2) is 27.6 Å². The van der Waals surface area contributed by atoms with Gasteiger partial charge in [-0.05, 0) is 43.3 Å². The Morgan fingerprint density at radius 2 is 1.78 bits per heavy atom. The molecule has 2 aromatic carbocycles. The Morgan fingerprint density at radius 1 is 1.07 bits per heavy atom. The molecule has 6 nitrogen and oxygen atoms in total. The summed E-state index contributed by atoms with van der Waals surface area (Å²) in [5, 5.41) is 10.6. The Labute approximate surface area is 166 Å². The van der Waals surface area contributed by atoms with Crippen molar-refractivity contribution in [3.05, 3.63) is 76.5 Å². The van der Waals surface area contributed by atoms with Gasteiger partial charge in [-0.25, -0.2) is 4.68 Å². The fourth-order valence-corrected chi connectivity index (χ4v) is 2.70. The summed E-state index contributed by atoms with van der Waals surface area (Å²) in [4.78, 5) is 24.5. The van der Waals surface area contributed by atoms with Crippen molar-refractivity contribution >= 4 is 40.7 Å². The number of carbonyl (C=O) groups excluding carboxylic acids is 2. The first kappa shape index (κ1) is 18.9. The van der Waals surface area contributed by atoms with E-state index in [0.717, 1.165) is 0 Å². The zero-order valence-electron chi connectivity index (χ0n) is 14.3. The van der Waals surface area contributed by atoms with E-state index in [2.05, 4.69) is 15.7 Å². The SMILES string of the molecule is CC(NC(=O)c1ccc(Cl)cc1)C(=O)Nc1cnn(-c2ccccc2Cl)c1. The van der Waals surface area contributed by atoms with E-state index < -0.39 is 6.04 Å². The minimum atomic E-state index is -0.739. The van der Waals surface area contributed by atoms with Gasteiger partial charge in [-0.15, -0.1) is 0 Å². The molecule has 8 heteroatoms. The number of nitrogens with one attached hydrogen (secondary N) is 2. The standard InChI is InChI=1S/C19H16Cl2N4O2/c1-12(23-19(27)13-6-8-14(20)9-7-13)18(26)24-15-10-22-25(11-15)17-5-3-2-4-16(17)21/h2-12H,1H3,(H,23,27)(H,24,26). The molecule has 27 heavy (non-hydrogen) atoms. The van der Waals surface area contributed by atoms with Gasteiger partial charge < -0.3 is 10.6 Å². The number of benzene rings is 2. The van der Waals surface area contributed by atoms with Gasteiger partial charge >= 0.3 is 0 Å². The van der Waals surface area contributed by atoms with E-state index >= 15 is 0 Å². The average molecular weight is 403 g/mol. The maximum absolute atomic E-state index is 12.3. The topological polar surface area (TPSA) is 76.0 Å². The smallest absolute Gasteiger partial charge is 0.251 e. The van der Waals surface area contributed by atoms with Crippen molar-refractivity contribution in [3.63, 3.8) is 0 Å². The van der Waals surface area contributed by atoms with E-state index in [1.54, 1.807) is 48.1 Å². The molecule has 0 bridgehead atoms. The van der Waals surface area contributed by atoms with Gasteiger partial charge in [-0.1, -0.05) is 35.3 Å². The summed E-state index contributed by atoms with van der Waals surface area (Å²) in [7, 11) is 0. The number of halogens is 2. The van der Waals surface area contributed by atoms with Crippen LogP contribution in [0, 0.1) is 0 Å². The lowest BCUT2D eigenvalue weighted by Crippen LogP contribution is -2.41. The molecular formula is C19H16Cl2N4O2. The van der Waals surface area contributed by atoms with Crippen molar-refractivity contribution in [1.29, 1.82) is 0 Å². The van der Waals surface area contributed by atoms with Gasteiger partial charge in [-0.3, -0.25) is 9.59 Å². The molecule has 3 aromatic rings. The van der Waals surface area contributed by atoms with Crippen LogP contribution in [0.15, 0.2) is 60.9 Å². The largest absolute Gasteiger partial charge is 0.341 e. The first-order chi connectivity index (χ1) is 12.9. The number of nitrogens with zero attached hydrogens (tertiary/aromatic N) is 2. The third-order valence-corrected chi connectivity index (χ3v) is 4.37. The molecule has 0 aliphatic rings. The zero-order valence-corrected chi connectivity index (χ0v) is 15.8. The predicted octanol–water partition coefficient (Wildman–Crippen LogP) is 3.94. The van der Waals surface area contributed by atoms with E-state index in [-0.39, 0.29) is 11.8 Å². The monoisotopic (exact) mass is 402 g/mol. The van der Waals surface area contributed by atoms with Crippen LogP contribution < -0.4 is 10.6 Å². The third kappa shape index (κ3) is 4.67. The quantitative estimate of drug-likeness (QED) is 0.678. The van der Waals surface area contributed by atoms with Crippen LogP contribution >= 0.6 is 23.2 Å². The van der Waals surface area contributed by atoms with E-state index in [4.69, 9.17) is 23.2 Å². The molecule has 1 heterocycles. The van der Waals surface area contributed by atoms with Crippen LogP contribution in [0.3, 0.4) is 0 Å². The number of para-hydroxylation sites is 1. The Hall–Kier alpha value is -2.83. The minimum absolute atomic E-state index is 0.360. The summed E-state index contributed by atoms with van der Waals surface area (Å²) in [6.07, 6.45) is 3.15. The van der Waals surface area contributed by atoms with Crippen molar-refractivity contribution in [2.75, 3.05) is 5.32 Å². The van der Waals surface area contributed by atoms with Gasteiger partial charge in [0.1, 0.15) is 6.04 Å². The number of anilines is 1. The van der Waals surface area contributed by atoms with E-state index in [1.165, 1.54) is 6.20 Å². The molecule has 0 radical (unpaired) electrons. The molecule has 0 aliphatic carbocycles. The molecule has 3 rings (SSSR count). The van der Waals surface area contributed by atoms with Crippen molar-refractivity contribution in [1.82, 2.24) is 15.1 Å². The van der Waals surface area contributed by atoms with Gasteiger partial charge in [0.25, 0.3) is 5.91 Å². The maximum atomic E-state index is 12.3. The molecular weight excluding hydrogens is 387 g/mol. The van der Waals surface area contributed by atoms with Crippen molar-refractivity contribution in [2.24, 2.45) is 0 Å². The lowest BCUT2D eigenvalue weighted by Gasteiger charge is -2.13. The van der Waals surface area contributed by atoms with E-state index in [0.29, 0.717) is 27.0 Å². The van der Waals surface area contributed by atoms with Crippen molar-refractivity contribution in [2.45, 2.75) is 13.0 Å². The maximum Gasteiger partial charge on any atom is 0.251 e. The van der Waals surface area contributed by atoms with Crippen LogP contribution in [-0.2, 0) is 4.79 Å². The summed E-state index contributed by atoms with van der Waals surface area (Å²) in [6.45, 7) is 1.60. The lowest BCUT2D eigenvalue weighted by atomic mass is 10.2.